The van der Waals surface area contributed by atoms with Crippen LogP contribution >= 0.6 is 12.4 Å². The number of amides is 1. The third-order valence-corrected chi connectivity index (χ3v) is 4.93. The third kappa shape index (κ3) is 4.25. The zero-order valence-corrected chi connectivity index (χ0v) is 15.5. The highest BCUT2D eigenvalue weighted by atomic mass is 35.5. The van der Waals surface area contributed by atoms with Crippen molar-refractivity contribution in [3.05, 3.63) is 22.6 Å². The maximum Gasteiger partial charge on any atom is 0.289 e. The minimum absolute atomic E-state index is 0. The topological polar surface area (TPSA) is 85.8 Å². The Kier molecular flexibility index (Phi) is 7.04. The van der Waals surface area contributed by atoms with Crippen LogP contribution in [0.4, 0.5) is 0 Å². The molecule has 1 aliphatic carbocycles. The van der Waals surface area contributed by atoms with Gasteiger partial charge in [0.1, 0.15) is 5.76 Å². The molecule has 0 saturated carbocycles. The summed E-state index contributed by atoms with van der Waals surface area (Å²) in [6.45, 7) is 4.46. The van der Waals surface area contributed by atoms with E-state index in [1.165, 1.54) is 0 Å². The Labute approximate surface area is 154 Å². The smallest absolute Gasteiger partial charge is 0.289 e. The summed E-state index contributed by atoms with van der Waals surface area (Å²) < 4.78 is 11.5. The van der Waals surface area contributed by atoms with Crippen LogP contribution in [0.25, 0.3) is 0 Å². The number of furan rings is 1. The van der Waals surface area contributed by atoms with Gasteiger partial charge in [-0.25, -0.2) is 0 Å². The van der Waals surface area contributed by atoms with Crippen LogP contribution in [-0.4, -0.2) is 48.9 Å². The second kappa shape index (κ2) is 8.83. The largest absolute Gasteiger partial charge is 0.455 e. The fourth-order valence-electron chi connectivity index (χ4n) is 3.56. The number of nitrogens with zero attached hydrogens (tertiary/aromatic N) is 1. The lowest BCUT2D eigenvalue weighted by Gasteiger charge is -2.31. The number of hydrogen-bond acceptors (Lipinski definition) is 5. The Morgan fingerprint density at radius 3 is 2.68 bits per heavy atom. The van der Waals surface area contributed by atoms with Crippen molar-refractivity contribution >= 4 is 24.1 Å². The van der Waals surface area contributed by atoms with Gasteiger partial charge in [-0.05, 0) is 39.2 Å². The maximum atomic E-state index is 12.8. The highest BCUT2D eigenvalue weighted by Crippen LogP contribution is 2.30. The molecule has 6 nitrogen and oxygen atoms in total. The summed E-state index contributed by atoms with van der Waals surface area (Å²) in [4.78, 5) is 26.7. The lowest BCUT2D eigenvalue weighted by atomic mass is 9.94. The van der Waals surface area contributed by atoms with Crippen molar-refractivity contribution in [2.24, 2.45) is 5.73 Å². The predicted molar refractivity (Wildman–Crippen MR) is 96.5 cm³/mol. The van der Waals surface area contributed by atoms with Crippen LogP contribution in [0.15, 0.2) is 4.42 Å². The molecule has 1 aliphatic heterocycles. The van der Waals surface area contributed by atoms with Crippen molar-refractivity contribution in [1.29, 1.82) is 0 Å². The Morgan fingerprint density at radius 2 is 2.04 bits per heavy atom. The lowest BCUT2D eigenvalue weighted by Crippen LogP contribution is -2.41. The maximum absolute atomic E-state index is 12.8. The van der Waals surface area contributed by atoms with E-state index in [2.05, 4.69) is 0 Å². The standard InChI is InChI=1S/C18H26N2O4.ClH/c1-12-16-14(21)4-2-5-15(16)24-17(12)18(22)20-9-6-13(7-10-20)23-11-3-8-19;/h13H,2-11,19H2,1H3;1H. The van der Waals surface area contributed by atoms with Crippen molar-refractivity contribution in [1.82, 2.24) is 4.90 Å². The zero-order chi connectivity index (χ0) is 17.1. The molecule has 0 unspecified atom stereocenters. The summed E-state index contributed by atoms with van der Waals surface area (Å²) in [7, 11) is 0. The van der Waals surface area contributed by atoms with Gasteiger partial charge in [-0.3, -0.25) is 9.59 Å². The number of halogens is 1. The number of aryl methyl sites for hydroxylation is 1. The number of fused-ring (bicyclic) bond motifs is 1. The van der Waals surface area contributed by atoms with Crippen LogP contribution < -0.4 is 5.73 Å². The minimum Gasteiger partial charge on any atom is -0.455 e. The number of Topliss-reactive ketones (excluding diaryl/α,β-unsaturated/α-hetero) is 1. The summed E-state index contributed by atoms with van der Waals surface area (Å²) in [5.41, 5.74) is 6.82. The van der Waals surface area contributed by atoms with Crippen LogP contribution in [0.5, 0.6) is 0 Å². The molecule has 1 amide bonds. The van der Waals surface area contributed by atoms with Gasteiger partial charge in [0, 0.05) is 38.1 Å². The van der Waals surface area contributed by atoms with Crippen LogP contribution in [0.1, 0.15) is 64.3 Å². The van der Waals surface area contributed by atoms with Crippen molar-refractivity contribution in [2.45, 2.75) is 51.6 Å². The Balaban J connectivity index is 0.00000225. The molecule has 140 valence electrons. The number of rotatable bonds is 5. The van der Waals surface area contributed by atoms with Gasteiger partial charge in [0.05, 0.1) is 11.7 Å². The van der Waals surface area contributed by atoms with Gasteiger partial charge in [0.25, 0.3) is 5.91 Å². The van der Waals surface area contributed by atoms with E-state index in [4.69, 9.17) is 14.9 Å². The normalized spacial score (nSPS) is 18.0. The summed E-state index contributed by atoms with van der Waals surface area (Å²) >= 11 is 0. The SMILES string of the molecule is Cc1c(C(=O)N2CCC(OCCCN)CC2)oc2c1C(=O)CCC2.Cl. The van der Waals surface area contributed by atoms with Crippen molar-refractivity contribution in [2.75, 3.05) is 26.2 Å². The first-order valence-corrected chi connectivity index (χ1v) is 8.88. The molecule has 0 spiro atoms. The van der Waals surface area contributed by atoms with Gasteiger partial charge in [-0.2, -0.15) is 0 Å². The number of likely N-dealkylation sites (tertiary alicyclic amines) is 1. The van der Waals surface area contributed by atoms with Gasteiger partial charge in [0.15, 0.2) is 11.5 Å². The Bertz CT molecular complexity index is 621. The summed E-state index contributed by atoms with van der Waals surface area (Å²) in [5, 5.41) is 0. The molecule has 1 aromatic heterocycles. The van der Waals surface area contributed by atoms with Gasteiger partial charge in [-0.15, -0.1) is 12.4 Å². The number of nitrogens with two attached hydrogens (primary N) is 1. The quantitative estimate of drug-likeness (QED) is 0.805. The monoisotopic (exact) mass is 370 g/mol. The molecule has 2 aliphatic rings. The number of piperidine rings is 1. The van der Waals surface area contributed by atoms with Crippen LogP contribution in [0, 0.1) is 6.92 Å². The van der Waals surface area contributed by atoms with E-state index in [1.807, 2.05) is 11.8 Å². The molecule has 1 aromatic rings. The molecule has 7 heteroatoms. The molecule has 2 N–H and O–H groups in total. The molecular formula is C18H27ClN2O4. The van der Waals surface area contributed by atoms with Gasteiger partial charge in [0.2, 0.25) is 0 Å². The number of ether oxygens (including phenoxy) is 1. The molecular weight excluding hydrogens is 344 g/mol. The van der Waals surface area contributed by atoms with E-state index < -0.39 is 0 Å². The molecule has 0 aromatic carbocycles. The lowest BCUT2D eigenvalue weighted by molar-refractivity contribution is 0.00757. The van der Waals surface area contributed by atoms with Gasteiger partial charge in [-0.1, -0.05) is 0 Å². The van der Waals surface area contributed by atoms with E-state index >= 15 is 0 Å². The second-order valence-electron chi connectivity index (χ2n) is 6.64. The van der Waals surface area contributed by atoms with Crippen LogP contribution in [-0.2, 0) is 11.2 Å². The molecule has 1 fully saturated rings. The molecule has 0 bridgehead atoms. The van der Waals surface area contributed by atoms with E-state index in [1.54, 1.807) is 0 Å². The fraction of sp³-hybridized carbons (Fsp3) is 0.667. The molecule has 0 atom stereocenters. The predicted octanol–water partition coefficient (Wildman–Crippen LogP) is 2.50. The molecule has 2 heterocycles. The van der Waals surface area contributed by atoms with Crippen LogP contribution in [0.3, 0.4) is 0 Å². The number of carbonyl (C=O) groups is 2. The second-order valence-corrected chi connectivity index (χ2v) is 6.64. The zero-order valence-electron chi connectivity index (χ0n) is 14.7. The van der Waals surface area contributed by atoms with Gasteiger partial charge < -0.3 is 19.8 Å². The molecule has 1 saturated heterocycles. The summed E-state index contributed by atoms with van der Waals surface area (Å²) in [6.07, 6.45) is 4.82. The summed E-state index contributed by atoms with van der Waals surface area (Å²) in [6, 6.07) is 0. The highest BCUT2D eigenvalue weighted by Gasteiger charge is 2.32. The minimum atomic E-state index is -0.102. The third-order valence-electron chi connectivity index (χ3n) is 4.93. The van der Waals surface area contributed by atoms with Crippen molar-refractivity contribution < 1.29 is 18.7 Å². The van der Waals surface area contributed by atoms with E-state index in [0.717, 1.165) is 32.1 Å². The molecule has 25 heavy (non-hydrogen) atoms. The van der Waals surface area contributed by atoms with Crippen molar-refractivity contribution in [3.63, 3.8) is 0 Å². The Morgan fingerprint density at radius 1 is 1.32 bits per heavy atom. The number of ketones is 1. The first kappa shape index (κ1) is 19.9. The highest BCUT2D eigenvalue weighted by molar-refractivity contribution is 6.03. The van der Waals surface area contributed by atoms with E-state index in [0.29, 0.717) is 55.3 Å². The van der Waals surface area contributed by atoms with Crippen molar-refractivity contribution in [3.8, 4) is 0 Å². The average molecular weight is 371 g/mol. The number of hydrogen-bond donors (Lipinski definition) is 1. The molecule has 0 radical (unpaired) electrons. The average Bonchev–Trinajstić information content (AvgIpc) is 2.93. The Hall–Kier alpha value is -1.37. The first-order valence-electron chi connectivity index (χ1n) is 8.88. The van der Waals surface area contributed by atoms with E-state index in [-0.39, 0.29) is 30.2 Å². The van der Waals surface area contributed by atoms with Gasteiger partial charge >= 0.3 is 0 Å². The number of carbonyl (C=O) groups excluding carboxylic acids is 2. The van der Waals surface area contributed by atoms with E-state index in [9.17, 15) is 9.59 Å². The van der Waals surface area contributed by atoms with Crippen LogP contribution in [0.2, 0.25) is 0 Å². The summed E-state index contributed by atoms with van der Waals surface area (Å²) in [5.74, 6) is 1.03. The fourth-order valence-corrected chi connectivity index (χ4v) is 3.56. The molecule has 3 rings (SSSR count). The first-order chi connectivity index (χ1) is 11.6.